The Labute approximate surface area is 117 Å². The van der Waals surface area contributed by atoms with Crippen LogP contribution in [0.5, 0.6) is 5.75 Å². The maximum Gasteiger partial charge on any atom is 0.335 e. The molecule has 0 bridgehead atoms. The number of aromatic carboxylic acids is 1. The van der Waals surface area contributed by atoms with E-state index in [4.69, 9.17) is 9.84 Å². The number of rotatable bonds is 4. The summed E-state index contributed by atoms with van der Waals surface area (Å²) in [4.78, 5) is 11.0. The lowest BCUT2D eigenvalue weighted by Gasteiger charge is -2.25. The molecule has 0 spiro atoms. The first-order chi connectivity index (χ1) is 9.41. The van der Waals surface area contributed by atoms with Crippen molar-refractivity contribution in [3.8, 4) is 5.75 Å². The van der Waals surface area contributed by atoms with Gasteiger partial charge in [-0.2, -0.15) is 0 Å². The molecule has 6 nitrogen and oxygen atoms in total. The SMILES string of the molecule is COc1ccc(C(=O)O)cc1NC1CCS(=O)(=O)CC1. The van der Waals surface area contributed by atoms with Gasteiger partial charge in [-0.1, -0.05) is 0 Å². The van der Waals surface area contributed by atoms with Crippen LogP contribution in [-0.2, 0) is 9.84 Å². The molecular weight excluding hydrogens is 282 g/mol. The summed E-state index contributed by atoms with van der Waals surface area (Å²) in [6.07, 6.45) is 1.03. The van der Waals surface area contributed by atoms with Crippen LogP contribution in [0.4, 0.5) is 5.69 Å². The van der Waals surface area contributed by atoms with E-state index < -0.39 is 15.8 Å². The van der Waals surface area contributed by atoms with Crippen LogP contribution >= 0.6 is 0 Å². The van der Waals surface area contributed by atoms with Gasteiger partial charge in [-0.15, -0.1) is 0 Å². The molecule has 20 heavy (non-hydrogen) atoms. The Morgan fingerprint density at radius 3 is 2.55 bits per heavy atom. The fraction of sp³-hybridized carbons (Fsp3) is 0.462. The molecule has 1 saturated heterocycles. The summed E-state index contributed by atoms with van der Waals surface area (Å²) in [7, 11) is -1.40. The molecule has 1 aliphatic rings. The molecule has 0 unspecified atom stereocenters. The Hall–Kier alpha value is -1.76. The largest absolute Gasteiger partial charge is 0.495 e. The number of carboxylic acids is 1. The van der Waals surface area contributed by atoms with E-state index >= 15 is 0 Å². The first kappa shape index (κ1) is 14.6. The highest BCUT2D eigenvalue weighted by atomic mass is 32.2. The molecule has 1 fully saturated rings. The highest BCUT2D eigenvalue weighted by molar-refractivity contribution is 7.91. The van der Waals surface area contributed by atoms with Gasteiger partial charge in [-0.25, -0.2) is 13.2 Å². The summed E-state index contributed by atoms with van der Waals surface area (Å²) in [6.45, 7) is 0. The van der Waals surface area contributed by atoms with Gasteiger partial charge < -0.3 is 15.2 Å². The number of hydrogen-bond acceptors (Lipinski definition) is 5. The summed E-state index contributed by atoms with van der Waals surface area (Å²) in [5.41, 5.74) is 0.744. The molecule has 0 radical (unpaired) electrons. The molecule has 0 aliphatic carbocycles. The number of ether oxygens (including phenoxy) is 1. The van der Waals surface area contributed by atoms with Gasteiger partial charge in [0.2, 0.25) is 0 Å². The predicted octanol–water partition coefficient (Wildman–Crippen LogP) is 1.38. The van der Waals surface area contributed by atoms with E-state index in [9.17, 15) is 13.2 Å². The van der Waals surface area contributed by atoms with Crippen LogP contribution in [0, 0.1) is 0 Å². The number of sulfone groups is 1. The van der Waals surface area contributed by atoms with Crippen LogP contribution in [0.3, 0.4) is 0 Å². The first-order valence-corrected chi connectivity index (χ1v) is 8.12. The molecule has 1 heterocycles. The van der Waals surface area contributed by atoms with Crippen LogP contribution in [0.1, 0.15) is 23.2 Å². The number of benzene rings is 1. The van der Waals surface area contributed by atoms with Crippen molar-refractivity contribution in [3.05, 3.63) is 23.8 Å². The van der Waals surface area contributed by atoms with E-state index in [0.29, 0.717) is 24.3 Å². The summed E-state index contributed by atoms with van der Waals surface area (Å²) >= 11 is 0. The molecule has 1 aliphatic heterocycles. The summed E-state index contributed by atoms with van der Waals surface area (Å²) in [6, 6.07) is 4.57. The molecule has 0 amide bonds. The predicted molar refractivity (Wildman–Crippen MR) is 75.3 cm³/mol. The van der Waals surface area contributed by atoms with Gasteiger partial charge in [0.15, 0.2) is 0 Å². The van der Waals surface area contributed by atoms with Crippen molar-refractivity contribution in [2.75, 3.05) is 23.9 Å². The van der Waals surface area contributed by atoms with Crippen LogP contribution < -0.4 is 10.1 Å². The topological polar surface area (TPSA) is 92.7 Å². The highest BCUT2D eigenvalue weighted by Crippen LogP contribution is 2.28. The minimum atomic E-state index is -2.91. The van der Waals surface area contributed by atoms with Gasteiger partial charge in [0.1, 0.15) is 15.6 Å². The minimum Gasteiger partial charge on any atom is -0.495 e. The number of nitrogens with one attached hydrogen (secondary N) is 1. The standard InChI is InChI=1S/C13H17NO5S/c1-19-12-3-2-9(13(15)16)8-11(12)14-10-4-6-20(17,18)7-5-10/h2-3,8,10,14H,4-7H2,1H3,(H,15,16). The van der Waals surface area contributed by atoms with Crippen LogP contribution in [-0.4, -0.2) is 44.2 Å². The van der Waals surface area contributed by atoms with Crippen LogP contribution in [0.15, 0.2) is 18.2 Å². The van der Waals surface area contributed by atoms with Gasteiger partial charge in [0, 0.05) is 6.04 Å². The maximum atomic E-state index is 11.4. The molecule has 2 N–H and O–H groups in total. The number of carboxylic acid groups (broad SMARTS) is 1. The molecule has 0 saturated carbocycles. The van der Waals surface area contributed by atoms with Crippen molar-refractivity contribution in [2.45, 2.75) is 18.9 Å². The van der Waals surface area contributed by atoms with E-state index in [0.717, 1.165) is 0 Å². The molecule has 0 atom stereocenters. The average Bonchev–Trinajstić information content (AvgIpc) is 2.41. The Bertz CT molecular complexity index is 597. The molecule has 7 heteroatoms. The molecule has 1 aromatic rings. The number of carbonyl (C=O) groups is 1. The van der Waals surface area contributed by atoms with Crippen molar-refractivity contribution in [1.29, 1.82) is 0 Å². The number of methoxy groups -OCH3 is 1. The van der Waals surface area contributed by atoms with Gasteiger partial charge in [-0.05, 0) is 31.0 Å². The van der Waals surface area contributed by atoms with Crippen molar-refractivity contribution >= 4 is 21.5 Å². The second-order valence-corrected chi connectivity index (χ2v) is 7.09. The quantitative estimate of drug-likeness (QED) is 0.872. The lowest BCUT2D eigenvalue weighted by Crippen LogP contribution is -2.32. The van der Waals surface area contributed by atoms with Gasteiger partial charge in [-0.3, -0.25) is 0 Å². The Morgan fingerprint density at radius 2 is 2.00 bits per heavy atom. The van der Waals surface area contributed by atoms with Crippen LogP contribution in [0.2, 0.25) is 0 Å². The Kier molecular flexibility index (Phi) is 4.17. The lowest BCUT2D eigenvalue weighted by molar-refractivity contribution is 0.0697. The monoisotopic (exact) mass is 299 g/mol. The summed E-state index contributed by atoms with van der Waals surface area (Å²) < 4.78 is 28.0. The summed E-state index contributed by atoms with van der Waals surface area (Å²) in [5.74, 6) is -0.151. The van der Waals surface area contributed by atoms with E-state index in [1.165, 1.54) is 19.2 Å². The number of hydrogen-bond donors (Lipinski definition) is 2. The third kappa shape index (κ3) is 3.41. The van der Waals surface area contributed by atoms with Gasteiger partial charge in [0.25, 0.3) is 0 Å². The maximum absolute atomic E-state index is 11.4. The molecular formula is C13H17NO5S. The Balaban J connectivity index is 2.15. The molecule has 1 aromatic carbocycles. The second kappa shape index (κ2) is 5.70. The molecule has 110 valence electrons. The minimum absolute atomic E-state index is 0.0106. The third-order valence-corrected chi connectivity index (χ3v) is 5.08. The molecule has 2 rings (SSSR count). The van der Waals surface area contributed by atoms with E-state index in [2.05, 4.69) is 5.32 Å². The lowest BCUT2D eigenvalue weighted by atomic mass is 10.1. The average molecular weight is 299 g/mol. The fourth-order valence-corrected chi connectivity index (χ4v) is 3.70. The van der Waals surface area contributed by atoms with E-state index in [-0.39, 0.29) is 23.1 Å². The fourth-order valence-electron chi connectivity index (χ4n) is 2.21. The third-order valence-electron chi connectivity index (χ3n) is 3.36. The van der Waals surface area contributed by atoms with E-state index in [1.54, 1.807) is 6.07 Å². The second-order valence-electron chi connectivity index (χ2n) is 4.79. The first-order valence-electron chi connectivity index (χ1n) is 6.29. The summed E-state index contributed by atoms with van der Waals surface area (Å²) in [5, 5.41) is 12.2. The zero-order valence-corrected chi connectivity index (χ0v) is 11.9. The van der Waals surface area contributed by atoms with Crippen molar-refractivity contribution in [2.24, 2.45) is 0 Å². The van der Waals surface area contributed by atoms with Crippen LogP contribution in [0.25, 0.3) is 0 Å². The smallest absolute Gasteiger partial charge is 0.335 e. The highest BCUT2D eigenvalue weighted by Gasteiger charge is 2.24. The van der Waals surface area contributed by atoms with Crippen molar-refractivity contribution in [1.82, 2.24) is 0 Å². The normalized spacial score (nSPS) is 18.4. The van der Waals surface area contributed by atoms with Gasteiger partial charge >= 0.3 is 5.97 Å². The van der Waals surface area contributed by atoms with Gasteiger partial charge in [0.05, 0.1) is 29.9 Å². The Morgan fingerprint density at radius 1 is 1.35 bits per heavy atom. The zero-order valence-electron chi connectivity index (χ0n) is 11.1. The van der Waals surface area contributed by atoms with Crippen molar-refractivity contribution in [3.63, 3.8) is 0 Å². The van der Waals surface area contributed by atoms with Crippen molar-refractivity contribution < 1.29 is 23.1 Å². The molecule has 0 aromatic heterocycles. The van der Waals surface area contributed by atoms with E-state index in [1.807, 2.05) is 0 Å². The zero-order chi connectivity index (χ0) is 14.8. The number of anilines is 1.